The molecule has 138 valence electrons. The lowest BCUT2D eigenvalue weighted by Crippen LogP contribution is -2.52. The van der Waals surface area contributed by atoms with Gasteiger partial charge in [-0.15, -0.1) is 0 Å². The number of esters is 2. The second-order valence-corrected chi connectivity index (χ2v) is 7.08. The first-order valence-corrected chi connectivity index (χ1v) is 9.20. The Morgan fingerprint density at radius 2 is 1.88 bits per heavy atom. The number of rotatable bonds is 7. The number of morpholine rings is 1. The molecular weight excluding hydrogens is 350 g/mol. The van der Waals surface area contributed by atoms with Gasteiger partial charge in [0.1, 0.15) is 6.04 Å². The third-order valence-electron chi connectivity index (χ3n) is 3.55. The minimum absolute atomic E-state index is 0.0428. The fraction of sp³-hybridized carbons (Fsp3) is 0.467. The Bertz CT molecular complexity index is 688. The quantitative estimate of drug-likeness (QED) is 0.455. The van der Waals surface area contributed by atoms with Crippen molar-refractivity contribution in [1.29, 1.82) is 0 Å². The summed E-state index contributed by atoms with van der Waals surface area (Å²) >= 11 is 0. The first kappa shape index (κ1) is 19.5. The van der Waals surface area contributed by atoms with Crippen LogP contribution in [0, 0.1) is 0 Å². The zero-order valence-electron chi connectivity index (χ0n) is 13.6. The van der Waals surface area contributed by atoms with Gasteiger partial charge in [-0.05, 0) is 12.0 Å². The van der Waals surface area contributed by atoms with Crippen molar-refractivity contribution in [2.24, 2.45) is 5.73 Å². The molecule has 0 bridgehead atoms. The Morgan fingerprint density at radius 3 is 2.48 bits per heavy atom. The van der Waals surface area contributed by atoms with Crippen LogP contribution in [0.1, 0.15) is 5.56 Å². The number of carbonyl (C=O) groups is 2. The first-order valence-electron chi connectivity index (χ1n) is 7.76. The molecule has 1 heterocycles. The number of benzene rings is 1. The minimum atomic E-state index is -3.93. The number of carbonyl (C=O) groups excluding carboxylic acids is 2. The molecule has 3 N–H and O–H groups in total. The molecule has 2 rings (SSSR count). The summed E-state index contributed by atoms with van der Waals surface area (Å²) in [4.78, 5) is 23.5. The third kappa shape index (κ3) is 5.87. The molecule has 1 aliphatic rings. The van der Waals surface area contributed by atoms with Gasteiger partial charge in [-0.1, -0.05) is 30.3 Å². The van der Waals surface area contributed by atoms with Gasteiger partial charge in [0.05, 0.1) is 19.8 Å². The van der Waals surface area contributed by atoms with Crippen LogP contribution in [0.5, 0.6) is 0 Å². The largest absolute Gasteiger partial charge is 0.391 e. The van der Waals surface area contributed by atoms with Gasteiger partial charge in [0.25, 0.3) is 10.2 Å². The van der Waals surface area contributed by atoms with E-state index < -0.39 is 34.7 Å². The van der Waals surface area contributed by atoms with E-state index in [1.807, 2.05) is 0 Å². The van der Waals surface area contributed by atoms with E-state index >= 15 is 0 Å². The van der Waals surface area contributed by atoms with E-state index in [9.17, 15) is 18.0 Å². The van der Waals surface area contributed by atoms with Crippen LogP contribution >= 0.6 is 0 Å². The maximum Gasteiger partial charge on any atom is 0.332 e. The van der Waals surface area contributed by atoms with Crippen LogP contribution in [-0.4, -0.2) is 63.6 Å². The number of nitrogens with one attached hydrogen (secondary N) is 1. The van der Waals surface area contributed by atoms with E-state index in [2.05, 4.69) is 9.46 Å². The summed E-state index contributed by atoms with van der Waals surface area (Å²) in [5, 5.41) is 0. The predicted molar refractivity (Wildman–Crippen MR) is 88.5 cm³/mol. The smallest absolute Gasteiger partial charge is 0.332 e. The van der Waals surface area contributed by atoms with E-state index in [1.54, 1.807) is 30.3 Å². The normalized spacial score (nSPS) is 17.0. The van der Waals surface area contributed by atoms with E-state index in [0.717, 1.165) is 0 Å². The van der Waals surface area contributed by atoms with Gasteiger partial charge >= 0.3 is 11.9 Å². The standard InChI is InChI=1S/C15H21N3O6S/c16-11-14(19)24-15(20)13(10-12-4-2-1-3-5-12)17-25(21,22)18-6-8-23-9-7-18/h1-5,13,17H,6-11,16H2/t13-/m0/s1. The Morgan fingerprint density at radius 1 is 1.24 bits per heavy atom. The van der Waals surface area contributed by atoms with Crippen molar-refractivity contribution < 1.29 is 27.5 Å². The van der Waals surface area contributed by atoms with Crippen molar-refractivity contribution >= 4 is 22.1 Å². The number of hydrogen-bond donors (Lipinski definition) is 2. The molecule has 0 aromatic heterocycles. The Balaban J connectivity index is 2.15. The van der Waals surface area contributed by atoms with Crippen LogP contribution in [0.3, 0.4) is 0 Å². The Hall–Kier alpha value is -1.85. The third-order valence-corrected chi connectivity index (χ3v) is 5.18. The van der Waals surface area contributed by atoms with Gasteiger partial charge in [0.2, 0.25) is 0 Å². The van der Waals surface area contributed by atoms with Crippen LogP contribution in [0.15, 0.2) is 30.3 Å². The second-order valence-electron chi connectivity index (χ2n) is 5.37. The molecule has 0 radical (unpaired) electrons. The highest BCUT2D eigenvalue weighted by Gasteiger charge is 2.32. The van der Waals surface area contributed by atoms with E-state index in [0.29, 0.717) is 5.56 Å². The van der Waals surface area contributed by atoms with Gasteiger partial charge in [0.15, 0.2) is 0 Å². The topological polar surface area (TPSA) is 128 Å². The van der Waals surface area contributed by atoms with Crippen LogP contribution in [0.4, 0.5) is 0 Å². The number of nitrogens with zero attached hydrogens (tertiary/aromatic N) is 1. The van der Waals surface area contributed by atoms with Gasteiger partial charge in [-0.25, -0.2) is 4.79 Å². The van der Waals surface area contributed by atoms with Gasteiger partial charge in [-0.3, -0.25) is 4.79 Å². The van der Waals surface area contributed by atoms with Crippen molar-refractivity contribution in [3.8, 4) is 0 Å². The molecule has 1 saturated heterocycles. The Kier molecular flexibility index (Phi) is 7.02. The number of ether oxygens (including phenoxy) is 2. The summed E-state index contributed by atoms with van der Waals surface area (Å²) in [6.45, 7) is 0.453. The highest BCUT2D eigenvalue weighted by Crippen LogP contribution is 2.09. The predicted octanol–water partition coefficient (Wildman–Crippen LogP) is -1.21. The molecule has 0 unspecified atom stereocenters. The molecule has 10 heteroatoms. The maximum atomic E-state index is 12.5. The highest BCUT2D eigenvalue weighted by atomic mass is 32.2. The van der Waals surface area contributed by atoms with E-state index in [1.165, 1.54) is 4.31 Å². The molecule has 1 aromatic carbocycles. The van der Waals surface area contributed by atoms with Crippen molar-refractivity contribution in [1.82, 2.24) is 9.03 Å². The summed E-state index contributed by atoms with van der Waals surface area (Å²) in [6, 6.07) is 7.57. The van der Waals surface area contributed by atoms with Crippen molar-refractivity contribution in [2.75, 3.05) is 32.8 Å². The van der Waals surface area contributed by atoms with Crippen LogP contribution < -0.4 is 10.5 Å². The van der Waals surface area contributed by atoms with Crippen LogP contribution in [-0.2, 0) is 35.7 Å². The van der Waals surface area contributed by atoms with Gasteiger partial charge in [0, 0.05) is 13.1 Å². The fourth-order valence-electron chi connectivity index (χ4n) is 2.29. The summed E-state index contributed by atoms with van der Waals surface area (Å²) in [7, 11) is -3.93. The average Bonchev–Trinajstić information content (AvgIpc) is 2.62. The van der Waals surface area contributed by atoms with Crippen molar-refractivity contribution in [3.05, 3.63) is 35.9 Å². The van der Waals surface area contributed by atoms with Gasteiger partial charge in [-0.2, -0.15) is 17.4 Å². The SMILES string of the molecule is NCC(=O)OC(=O)[C@H](Cc1ccccc1)NS(=O)(=O)N1CCOCC1. The zero-order chi connectivity index (χ0) is 18.3. The van der Waals surface area contributed by atoms with Gasteiger partial charge < -0.3 is 15.2 Å². The molecule has 1 aromatic rings. The first-order chi connectivity index (χ1) is 11.9. The van der Waals surface area contributed by atoms with Crippen LogP contribution in [0.25, 0.3) is 0 Å². The molecule has 25 heavy (non-hydrogen) atoms. The lowest BCUT2D eigenvalue weighted by atomic mass is 10.1. The monoisotopic (exact) mass is 371 g/mol. The van der Waals surface area contributed by atoms with Crippen LogP contribution in [0.2, 0.25) is 0 Å². The van der Waals surface area contributed by atoms with E-state index in [4.69, 9.17) is 10.5 Å². The summed E-state index contributed by atoms with van der Waals surface area (Å²) in [5.74, 6) is -1.91. The average molecular weight is 371 g/mol. The molecule has 0 saturated carbocycles. The van der Waals surface area contributed by atoms with Crippen molar-refractivity contribution in [2.45, 2.75) is 12.5 Å². The molecule has 9 nitrogen and oxygen atoms in total. The molecule has 1 atom stereocenters. The maximum absolute atomic E-state index is 12.5. The lowest BCUT2D eigenvalue weighted by molar-refractivity contribution is -0.159. The summed E-state index contributed by atoms with van der Waals surface area (Å²) in [5.41, 5.74) is 5.85. The molecule has 0 spiro atoms. The molecule has 1 aliphatic heterocycles. The highest BCUT2D eigenvalue weighted by molar-refractivity contribution is 7.87. The summed E-state index contributed by atoms with van der Waals surface area (Å²) < 4.78 is 38.2. The Labute approximate surface area is 146 Å². The minimum Gasteiger partial charge on any atom is -0.391 e. The molecular formula is C15H21N3O6S. The molecule has 0 amide bonds. The second kappa shape index (κ2) is 9.02. The molecule has 0 aliphatic carbocycles. The number of hydrogen-bond acceptors (Lipinski definition) is 7. The fourth-order valence-corrected chi connectivity index (χ4v) is 3.61. The molecule has 1 fully saturated rings. The number of nitrogens with two attached hydrogens (primary N) is 1. The van der Waals surface area contributed by atoms with E-state index in [-0.39, 0.29) is 32.7 Å². The summed E-state index contributed by atoms with van der Waals surface area (Å²) in [6.07, 6.45) is 0.0428. The zero-order valence-corrected chi connectivity index (χ0v) is 14.4. The lowest BCUT2D eigenvalue weighted by Gasteiger charge is -2.28. The van der Waals surface area contributed by atoms with Crippen molar-refractivity contribution in [3.63, 3.8) is 0 Å².